The van der Waals surface area contributed by atoms with E-state index in [0.717, 1.165) is 46.8 Å². The second-order valence-corrected chi connectivity index (χ2v) is 9.13. The van der Waals surface area contributed by atoms with E-state index in [9.17, 15) is 5.11 Å². The number of hydrogen-bond acceptors (Lipinski definition) is 1. The van der Waals surface area contributed by atoms with Crippen LogP contribution in [-0.2, 0) is 5.60 Å². The zero-order valence-electron chi connectivity index (χ0n) is 14.9. The third-order valence-corrected chi connectivity index (χ3v) is 6.42. The highest BCUT2D eigenvalue weighted by Gasteiger charge is 2.24. The molecule has 0 heterocycles. The summed E-state index contributed by atoms with van der Waals surface area (Å²) in [7, 11) is 0. The smallest absolute Gasteiger partial charge is 0.0847 e. The highest BCUT2D eigenvalue weighted by Crippen LogP contribution is 2.43. The van der Waals surface area contributed by atoms with Crippen LogP contribution in [0.1, 0.15) is 19.4 Å². The minimum Gasteiger partial charge on any atom is -0.386 e. The summed E-state index contributed by atoms with van der Waals surface area (Å²) in [4.78, 5) is 0. The van der Waals surface area contributed by atoms with Crippen molar-refractivity contribution in [3.8, 4) is 11.1 Å². The zero-order valence-corrected chi connectivity index (χ0v) is 18.5. The van der Waals surface area contributed by atoms with Gasteiger partial charge in [0, 0.05) is 19.2 Å². The maximum absolute atomic E-state index is 10.8. The molecule has 1 nitrogen and oxygen atoms in total. The van der Waals surface area contributed by atoms with E-state index in [4.69, 9.17) is 23.2 Å². The van der Waals surface area contributed by atoms with E-state index >= 15 is 0 Å². The Morgan fingerprint density at radius 1 is 0.778 bits per heavy atom. The largest absolute Gasteiger partial charge is 0.386 e. The summed E-state index contributed by atoms with van der Waals surface area (Å²) in [5.74, 6) is 0. The molecule has 4 aromatic rings. The molecule has 4 heteroatoms. The summed E-state index contributed by atoms with van der Waals surface area (Å²) in [5.41, 5.74) is 1.89. The van der Waals surface area contributed by atoms with Crippen LogP contribution in [0.5, 0.6) is 0 Å². The van der Waals surface area contributed by atoms with Crippen LogP contribution in [0.15, 0.2) is 60.7 Å². The van der Waals surface area contributed by atoms with E-state index < -0.39 is 5.60 Å². The number of hydrogen-bond donors (Lipinski definition) is 1. The van der Waals surface area contributed by atoms with Crippen molar-refractivity contribution in [1.82, 2.24) is 0 Å². The van der Waals surface area contributed by atoms with E-state index in [1.807, 2.05) is 42.5 Å². The highest BCUT2D eigenvalue weighted by atomic mass is 127. The van der Waals surface area contributed by atoms with Gasteiger partial charge in [0.15, 0.2) is 0 Å². The quantitative estimate of drug-likeness (QED) is 0.217. The van der Waals surface area contributed by atoms with Crippen LogP contribution in [0.4, 0.5) is 0 Å². The Bertz CT molecular complexity index is 1190. The summed E-state index contributed by atoms with van der Waals surface area (Å²) in [6, 6.07) is 20.1. The maximum Gasteiger partial charge on any atom is 0.0847 e. The number of halogens is 3. The molecule has 0 spiro atoms. The van der Waals surface area contributed by atoms with E-state index in [1.165, 1.54) is 0 Å². The normalized spacial score (nSPS) is 12.1. The molecule has 0 aliphatic rings. The summed E-state index contributed by atoms with van der Waals surface area (Å²) in [6.07, 6.45) is 0. The van der Waals surface area contributed by atoms with Crippen LogP contribution < -0.4 is 0 Å². The molecular formula is C23H17Cl2IO. The molecule has 0 fully saturated rings. The number of benzene rings is 4. The first-order valence-corrected chi connectivity index (χ1v) is 10.4. The molecule has 0 saturated heterocycles. The summed E-state index contributed by atoms with van der Waals surface area (Å²) >= 11 is 14.9. The molecule has 1 N–H and O–H groups in total. The zero-order chi connectivity index (χ0) is 19.3. The topological polar surface area (TPSA) is 20.2 Å². The van der Waals surface area contributed by atoms with Crippen molar-refractivity contribution in [3.63, 3.8) is 0 Å². The number of fused-ring (bicyclic) bond motifs is 3. The molecule has 0 atom stereocenters. The first-order chi connectivity index (χ1) is 12.8. The standard InChI is InChI=1S/C23H17Cl2IO/c1-23(2,27)20-12-14(25)8-10-18(20)21-16-6-4-3-5-15(16)19-11-13(24)7-9-17(19)22(21)26/h3-12,27H,1-2H3. The van der Waals surface area contributed by atoms with Crippen LogP contribution in [0.25, 0.3) is 32.7 Å². The van der Waals surface area contributed by atoms with Crippen LogP contribution >= 0.6 is 45.8 Å². The van der Waals surface area contributed by atoms with Gasteiger partial charge in [-0.15, -0.1) is 0 Å². The molecular weight excluding hydrogens is 490 g/mol. The van der Waals surface area contributed by atoms with Crippen LogP contribution in [0.3, 0.4) is 0 Å². The van der Waals surface area contributed by atoms with Gasteiger partial charge >= 0.3 is 0 Å². The molecule has 0 aliphatic heterocycles. The van der Waals surface area contributed by atoms with Gasteiger partial charge < -0.3 is 5.11 Å². The molecule has 4 rings (SSSR count). The van der Waals surface area contributed by atoms with Crippen molar-refractivity contribution in [2.24, 2.45) is 0 Å². The van der Waals surface area contributed by atoms with Gasteiger partial charge in [0.25, 0.3) is 0 Å². The Hall–Kier alpha value is -1.33. The average Bonchev–Trinajstić information content (AvgIpc) is 2.62. The van der Waals surface area contributed by atoms with E-state index in [2.05, 4.69) is 40.8 Å². The van der Waals surface area contributed by atoms with Gasteiger partial charge in [0.1, 0.15) is 0 Å². The predicted molar refractivity (Wildman–Crippen MR) is 125 cm³/mol. The SMILES string of the molecule is CC(C)(O)c1cc(Cl)ccc1-c1c(I)c2ccc(Cl)cc2c2ccccc12. The van der Waals surface area contributed by atoms with Gasteiger partial charge in [-0.05, 0) is 93.4 Å². The lowest BCUT2D eigenvalue weighted by molar-refractivity contribution is 0.0792. The van der Waals surface area contributed by atoms with Crippen molar-refractivity contribution >= 4 is 67.3 Å². The van der Waals surface area contributed by atoms with Crippen LogP contribution in [-0.4, -0.2) is 5.11 Å². The van der Waals surface area contributed by atoms with Crippen molar-refractivity contribution < 1.29 is 5.11 Å². The average molecular weight is 507 g/mol. The lowest BCUT2D eigenvalue weighted by Gasteiger charge is -2.24. The fourth-order valence-electron chi connectivity index (χ4n) is 3.62. The van der Waals surface area contributed by atoms with Crippen molar-refractivity contribution in [2.75, 3.05) is 0 Å². The minimum atomic E-state index is -1.01. The van der Waals surface area contributed by atoms with Crippen LogP contribution in [0.2, 0.25) is 10.0 Å². The summed E-state index contributed by atoms with van der Waals surface area (Å²) in [6.45, 7) is 3.58. The lowest BCUT2D eigenvalue weighted by Crippen LogP contribution is -2.17. The molecule has 0 radical (unpaired) electrons. The molecule has 0 aliphatic carbocycles. The van der Waals surface area contributed by atoms with Gasteiger partial charge in [0.2, 0.25) is 0 Å². The van der Waals surface area contributed by atoms with Gasteiger partial charge in [-0.25, -0.2) is 0 Å². The molecule has 0 bridgehead atoms. The second-order valence-electron chi connectivity index (χ2n) is 7.17. The van der Waals surface area contributed by atoms with Crippen LogP contribution in [0, 0.1) is 3.57 Å². The maximum atomic E-state index is 10.8. The Balaban J connectivity index is 2.21. The van der Waals surface area contributed by atoms with Crippen molar-refractivity contribution in [3.05, 3.63) is 79.8 Å². The molecule has 27 heavy (non-hydrogen) atoms. The Morgan fingerprint density at radius 2 is 1.41 bits per heavy atom. The Labute approximate surface area is 182 Å². The number of aliphatic hydroxyl groups is 1. The lowest BCUT2D eigenvalue weighted by atomic mass is 9.86. The third-order valence-electron chi connectivity index (χ3n) is 4.83. The monoisotopic (exact) mass is 506 g/mol. The first-order valence-electron chi connectivity index (χ1n) is 8.59. The van der Waals surface area contributed by atoms with E-state index in [0.29, 0.717) is 5.02 Å². The van der Waals surface area contributed by atoms with Crippen molar-refractivity contribution in [2.45, 2.75) is 19.4 Å². The highest BCUT2D eigenvalue weighted by molar-refractivity contribution is 14.1. The fourth-order valence-corrected chi connectivity index (χ4v) is 5.02. The van der Waals surface area contributed by atoms with E-state index in [-0.39, 0.29) is 0 Å². The van der Waals surface area contributed by atoms with Gasteiger partial charge in [-0.3, -0.25) is 0 Å². The molecule has 0 unspecified atom stereocenters. The molecule has 0 amide bonds. The Morgan fingerprint density at radius 3 is 2.11 bits per heavy atom. The second kappa shape index (κ2) is 6.93. The molecule has 4 aromatic carbocycles. The molecule has 0 saturated carbocycles. The van der Waals surface area contributed by atoms with Gasteiger partial charge in [-0.2, -0.15) is 0 Å². The van der Waals surface area contributed by atoms with Gasteiger partial charge in [-0.1, -0.05) is 59.6 Å². The molecule has 0 aromatic heterocycles. The van der Waals surface area contributed by atoms with Gasteiger partial charge in [0.05, 0.1) is 5.60 Å². The third kappa shape index (κ3) is 3.33. The summed E-state index contributed by atoms with van der Waals surface area (Å²) < 4.78 is 1.13. The minimum absolute atomic E-state index is 0.614. The van der Waals surface area contributed by atoms with E-state index in [1.54, 1.807) is 13.8 Å². The number of rotatable bonds is 2. The Kier molecular flexibility index (Phi) is 4.88. The predicted octanol–water partition coefficient (Wildman–Crippen LogP) is 7.80. The fraction of sp³-hybridized carbons (Fsp3) is 0.130. The van der Waals surface area contributed by atoms with Crippen molar-refractivity contribution in [1.29, 1.82) is 0 Å². The summed E-state index contributed by atoms with van der Waals surface area (Å²) in [5, 5.41) is 16.7. The molecule has 136 valence electrons. The first kappa shape index (κ1) is 19.0.